The Labute approximate surface area is 174 Å². The van der Waals surface area contributed by atoms with Crippen LogP contribution in [0.4, 0.5) is 11.8 Å². The van der Waals surface area contributed by atoms with Crippen LogP contribution in [-0.2, 0) is 9.47 Å². The van der Waals surface area contributed by atoms with Crippen LogP contribution in [0.15, 0.2) is 18.2 Å². The van der Waals surface area contributed by atoms with Crippen molar-refractivity contribution in [1.29, 1.82) is 5.26 Å². The Kier molecular flexibility index (Phi) is 6.52. The van der Waals surface area contributed by atoms with Crippen LogP contribution in [0.1, 0.15) is 46.6 Å². The summed E-state index contributed by atoms with van der Waals surface area (Å²) in [7, 11) is 0. The highest BCUT2D eigenvalue weighted by atomic mass is 35.5. The first-order valence-corrected chi connectivity index (χ1v) is 9.68. The number of halogens is 1. The smallest absolute Gasteiger partial charge is 0.339 e. The lowest BCUT2D eigenvalue weighted by atomic mass is 9.99. The second-order valence-electron chi connectivity index (χ2n) is 6.61. The number of hydrogen-bond acceptors (Lipinski definition) is 8. The first-order chi connectivity index (χ1) is 13.9. The van der Waals surface area contributed by atoms with Gasteiger partial charge in [0.1, 0.15) is 11.9 Å². The molecule has 2 N–H and O–H groups in total. The summed E-state index contributed by atoms with van der Waals surface area (Å²) in [5.41, 5.74) is 7.60. The van der Waals surface area contributed by atoms with E-state index in [0.717, 1.165) is 12.1 Å². The quantitative estimate of drug-likeness (QED) is 0.757. The Morgan fingerprint density at radius 2 is 2.24 bits per heavy atom. The van der Waals surface area contributed by atoms with Crippen LogP contribution >= 0.6 is 11.6 Å². The lowest BCUT2D eigenvalue weighted by Gasteiger charge is -2.31. The van der Waals surface area contributed by atoms with E-state index in [2.05, 4.69) is 9.97 Å². The van der Waals surface area contributed by atoms with Crippen molar-refractivity contribution < 1.29 is 14.3 Å². The molecule has 1 fully saturated rings. The van der Waals surface area contributed by atoms with Crippen molar-refractivity contribution in [2.75, 3.05) is 37.0 Å². The Bertz CT molecular complexity index is 940. The van der Waals surface area contributed by atoms with Crippen molar-refractivity contribution in [2.45, 2.75) is 26.3 Å². The fourth-order valence-electron chi connectivity index (χ4n) is 3.35. The van der Waals surface area contributed by atoms with Gasteiger partial charge < -0.3 is 20.1 Å². The Morgan fingerprint density at radius 1 is 1.45 bits per heavy atom. The summed E-state index contributed by atoms with van der Waals surface area (Å²) in [6.07, 6.45) is 0.790. The van der Waals surface area contributed by atoms with Crippen LogP contribution in [0.3, 0.4) is 0 Å². The highest BCUT2D eigenvalue weighted by molar-refractivity contribution is 6.31. The van der Waals surface area contributed by atoms with Crippen molar-refractivity contribution in [3.63, 3.8) is 0 Å². The fourth-order valence-corrected chi connectivity index (χ4v) is 3.64. The van der Waals surface area contributed by atoms with Crippen molar-refractivity contribution >= 4 is 29.3 Å². The van der Waals surface area contributed by atoms with E-state index >= 15 is 0 Å². The third-order valence-electron chi connectivity index (χ3n) is 4.60. The predicted molar refractivity (Wildman–Crippen MR) is 109 cm³/mol. The van der Waals surface area contributed by atoms with E-state index in [1.54, 1.807) is 13.0 Å². The highest BCUT2D eigenvalue weighted by Crippen LogP contribution is 2.35. The molecule has 152 valence electrons. The summed E-state index contributed by atoms with van der Waals surface area (Å²) < 4.78 is 10.9. The zero-order valence-corrected chi connectivity index (χ0v) is 17.1. The standard InChI is InChI=1S/C20H22ClN5O3/c1-3-29-19(27)14-9-15(16(21)8-13(14)10-22)17-11-28-6-4-5-26(17)18-7-12(2)24-20(23)25-18/h7-9,17H,3-6,11H2,1-2H3,(H2,23,24,25). The van der Waals surface area contributed by atoms with Gasteiger partial charge in [-0.1, -0.05) is 11.6 Å². The minimum Gasteiger partial charge on any atom is -0.462 e. The van der Waals surface area contributed by atoms with E-state index in [4.69, 9.17) is 26.8 Å². The maximum atomic E-state index is 12.4. The first-order valence-electron chi connectivity index (χ1n) is 9.30. The van der Waals surface area contributed by atoms with Gasteiger partial charge in [-0.15, -0.1) is 0 Å². The Hall–Kier alpha value is -2.89. The number of rotatable bonds is 4. The molecule has 0 amide bonds. The number of nitrogens with two attached hydrogens (primary N) is 1. The molecule has 0 saturated carbocycles. The van der Waals surface area contributed by atoms with Gasteiger partial charge in [-0.3, -0.25) is 0 Å². The number of nitrogens with zero attached hydrogens (tertiary/aromatic N) is 4. The first kappa shape index (κ1) is 20.8. The molecule has 0 bridgehead atoms. The summed E-state index contributed by atoms with van der Waals surface area (Å²) in [6, 6.07) is 6.64. The van der Waals surface area contributed by atoms with Crippen LogP contribution in [-0.4, -0.2) is 42.3 Å². The number of nitriles is 1. The molecule has 0 radical (unpaired) electrons. The van der Waals surface area contributed by atoms with Crippen LogP contribution < -0.4 is 10.6 Å². The number of carbonyl (C=O) groups is 1. The summed E-state index contributed by atoms with van der Waals surface area (Å²) in [5.74, 6) is 0.274. The number of hydrogen-bond donors (Lipinski definition) is 1. The summed E-state index contributed by atoms with van der Waals surface area (Å²) in [6.45, 7) is 5.36. The summed E-state index contributed by atoms with van der Waals surface area (Å²) >= 11 is 6.52. The number of nitrogen functional groups attached to an aromatic ring is 1. The number of benzene rings is 1. The number of carbonyl (C=O) groups excluding carboxylic acids is 1. The third-order valence-corrected chi connectivity index (χ3v) is 4.93. The van der Waals surface area contributed by atoms with Gasteiger partial charge in [-0.25, -0.2) is 9.78 Å². The Balaban J connectivity index is 2.11. The second-order valence-corrected chi connectivity index (χ2v) is 7.02. The number of aromatic nitrogens is 2. The van der Waals surface area contributed by atoms with Crippen LogP contribution in [0, 0.1) is 18.3 Å². The Morgan fingerprint density at radius 3 is 2.93 bits per heavy atom. The molecule has 1 atom stereocenters. The monoisotopic (exact) mass is 415 g/mol. The number of anilines is 2. The summed E-state index contributed by atoms with van der Waals surface area (Å²) in [4.78, 5) is 22.9. The van der Waals surface area contributed by atoms with Crippen molar-refractivity contribution in [1.82, 2.24) is 9.97 Å². The van der Waals surface area contributed by atoms with Gasteiger partial charge in [0.05, 0.1) is 30.4 Å². The third kappa shape index (κ3) is 4.58. The molecule has 2 heterocycles. The molecule has 1 aliphatic rings. The molecule has 1 saturated heterocycles. The molecule has 1 unspecified atom stereocenters. The largest absolute Gasteiger partial charge is 0.462 e. The average molecular weight is 416 g/mol. The normalized spacial score (nSPS) is 16.8. The SMILES string of the molecule is CCOC(=O)c1cc(C2COCCCN2c2cc(C)nc(N)n2)c(Cl)cc1C#N. The van der Waals surface area contributed by atoms with Crippen molar-refractivity contribution in [3.8, 4) is 6.07 Å². The van der Waals surface area contributed by atoms with Crippen LogP contribution in [0.2, 0.25) is 5.02 Å². The molecule has 3 rings (SSSR count). The highest BCUT2D eigenvalue weighted by Gasteiger charge is 2.29. The van der Waals surface area contributed by atoms with Gasteiger partial charge in [0.25, 0.3) is 0 Å². The lowest BCUT2D eigenvalue weighted by molar-refractivity contribution is 0.0525. The molecule has 0 aliphatic carbocycles. The topological polar surface area (TPSA) is 114 Å². The van der Waals surface area contributed by atoms with Gasteiger partial charge in [0, 0.05) is 29.9 Å². The van der Waals surface area contributed by atoms with Crippen molar-refractivity contribution in [2.24, 2.45) is 0 Å². The van der Waals surface area contributed by atoms with Crippen LogP contribution in [0.5, 0.6) is 0 Å². The van der Waals surface area contributed by atoms with E-state index in [-0.39, 0.29) is 29.7 Å². The second kappa shape index (κ2) is 9.07. The molecule has 8 nitrogen and oxygen atoms in total. The maximum absolute atomic E-state index is 12.4. The van der Waals surface area contributed by atoms with E-state index in [9.17, 15) is 10.1 Å². The molecule has 9 heteroatoms. The van der Waals surface area contributed by atoms with Gasteiger partial charge in [-0.05, 0) is 38.0 Å². The minimum atomic E-state index is -0.565. The number of aryl methyl sites for hydroxylation is 1. The molecule has 29 heavy (non-hydrogen) atoms. The minimum absolute atomic E-state index is 0.167. The van der Waals surface area contributed by atoms with Gasteiger partial charge in [-0.2, -0.15) is 10.2 Å². The molecule has 0 spiro atoms. The average Bonchev–Trinajstić information content (AvgIpc) is 2.93. The molecule has 1 aromatic carbocycles. The maximum Gasteiger partial charge on any atom is 0.339 e. The fraction of sp³-hybridized carbons (Fsp3) is 0.400. The number of ether oxygens (including phenoxy) is 2. The lowest BCUT2D eigenvalue weighted by Crippen LogP contribution is -2.32. The van der Waals surface area contributed by atoms with E-state index in [1.807, 2.05) is 24.0 Å². The molecular weight excluding hydrogens is 394 g/mol. The van der Waals surface area contributed by atoms with Gasteiger partial charge in [0.15, 0.2) is 0 Å². The van der Waals surface area contributed by atoms with E-state index in [1.165, 1.54) is 6.07 Å². The number of esters is 1. The van der Waals surface area contributed by atoms with Crippen LogP contribution in [0.25, 0.3) is 0 Å². The van der Waals surface area contributed by atoms with Crippen molar-refractivity contribution in [3.05, 3.63) is 45.6 Å². The predicted octanol–water partition coefficient (Wildman–Crippen LogP) is 3.04. The van der Waals surface area contributed by atoms with Gasteiger partial charge >= 0.3 is 5.97 Å². The molecular formula is C20H22ClN5O3. The van der Waals surface area contributed by atoms with Gasteiger partial charge in [0.2, 0.25) is 5.95 Å². The summed E-state index contributed by atoms with van der Waals surface area (Å²) in [5, 5.41) is 9.78. The molecule has 1 aromatic heterocycles. The van der Waals surface area contributed by atoms with E-state index in [0.29, 0.717) is 36.2 Å². The zero-order chi connectivity index (χ0) is 21.0. The molecule has 2 aromatic rings. The molecule has 1 aliphatic heterocycles. The zero-order valence-electron chi connectivity index (χ0n) is 16.3. The van der Waals surface area contributed by atoms with E-state index < -0.39 is 5.97 Å².